The zero-order valence-corrected chi connectivity index (χ0v) is 10.9. The van der Waals surface area contributed by atoms with Crippen LogP contribution in [0.4, 0.5) is 0 Å². The van der Waals surface area contributed by atoms with E-state index in [-0.39, 0.29) is 11.9 Å². The molecular weight excluding hydrogens is 250 g/mol. The SMILES string of the molecule is NC[C@@H]1CCCCN1C(=O)c1cc(C(N)=O)cs1. The lowest BCUT2D eigenvalue weighted by atomic mass is 10.0. The van der Waals surface area contributed by atoms with Gasteiger partial charge in [-0.15, -0.1) is 11.3 Å². The second-order valence-corrected chi connectivity index (χ2v) is 5.36. The highest BCUT2D eigenvalue weighted by Crippen LogP contribution is 2.22. The fourth-order valence-corrected chi connectivity index (χ4v) is 3.08. The Morgan fingerprint density at radius 2 is 2.22 bits per heavy atom. The maximum absolute atomic E-state index is 12.3. The van der Waals surface area contributed by atoms with Crippen molar-refractivity contribution in [3.63, 3.8) is 0 Å². The molecule has 6 heteroatoms. The van der Waals surface area contributed by atoms with Crippen molar-refractivity contribution in [3.8, 4) is 0 Å². The fourth-order valence-electron chi connectivity index (χ4n) is 2.23. The van der Waals surface area contributed by atoms with E-state index in [2.05, 4.69) is 0 Å². The number of rotatable bonds is 3. The molecule has 1 atom stereocenters. The third kappa shape index (κ3) is 2.54. The molecule has 1 aromatic heterocycles. The zero-order valence-electron chi connectivity index (χ0n) is 10.1. The summed E-state index contributed by atoms with van der Waals surface area (Å²) < 4.78 is 0. The standard InChI is InChI=1S/C12H17N3O2S/c13-6-9-3-1-2-4-15(9)12(17)10-5-8(7-18-10)11(14)16/h5,7,9H,1-4,6,13H2,(H2,14,16)/t9-/m0/s1. The number of hydrogen-bond donors (Lipinski definition) is 2. The minimum absolute atomic E-state index is 0.0392. The van der Waals surface area contributed by atoms with Gasteiger partial charge >= 0.3 is 0 Å². The van der Waals surface area contributed by atoms with Crippen LogP contribution in [0.5, 0.6) is 0 Å². The van der Waals surface area contributed by atoms with E-state index in [0.29, 0.717) is 17.0 Å². The molecule has 1 aromatic rings. The van der Waals surface area contributed by atoms with E-state index in [1.165, 1.54) is 11.3 Å². The fraction of sp³-hybridized carbons (Fsp3) is 0.500. The maximum Gasteiger partial charge on any atom is 0.264 e. The molecule has 2 rings (SSSR count). The average Bonchev–Trinajstić information content (AvgIpc) is 2.87. The first-order valence-electron chi connectivity index (χ1n) is 6.03. The molecule has 0 radical (unpaired) electrons. The summed E-state index contributed by atoms with van der Waals surface area (Å²) in [7, 11) is 0. The number of nitrogens with zero attached hydrogens (tertiary/aromatic N) is 1. The van der Waals surface area contributed by atoms with Gasteiger partial charge in [0.1, 0.15) is 0 Å². The average molecular weight is 267 g/mol. The van der Waals surface area contributed by atoms with Crippen molar-refractivity contribution in [2.75, 3.05) is 13.1 Å². The van der Waals surface area contributed by atoms with Crippen molar-refractivity contribution < 1.29 is 9.59 Å². The van der Waals surface area contributed by atoms with Crippen LogP contribution in [0.3, 0.4) is 0 Å². The van der Waals surface area contributed by atoms with Gasteiger partial charge in [-0.3, -0.25) is 9.59 Å². The summed E-state index contributed by atoms with van der Waals surface area (Å²) in [6.45, 7) is 1.23. The first-order valence-corrected chi connectivity index (χ1v) is 6.91. The van der Waals surface area contributed by atoms with Crippen LogP contribution in [0.2, 0.25) is 0 Å². The third-order valence-corrected chi connectivity index (χ3v) is 4.17. The predicted molar refractivity (Wildman–Crippen MR) is 70.6 cm³/mol. The third-order valence-electron chi connectivity index (χ3n) is 3.25. The summed E-state index contributed by atoms with van der Waals surface area (Å²) in [6.07, 6.45) is 3.08. The van der Waals surface area contributed by atoms with Crippen LogP contribution in [0, 0.1) is 0 Å². The second-order valence-electron chi connectivity index (χ2n) is 4.45. The van der Waals surface area contributed by atoms with Crippen molar-refractivity contribution in [1.82, 2.24) is 4.90 Å². The van der Waals surface area contributed by atoms with E-state index in [9.17, 15) is 9.59 Å². The summed E-state index contributed by atoms with van der Waals surface area (Å²) in [5.41, 5.74) is 11.3. The van der Waals surface area contributed by atoms with Crippen LogP contribution in [0.15, 0.2) is 11.4 Å². The molecule has 1 fully saturated rings. The van der Waals surface area contributed by atoms with Crippen LogP contribution in [0.1, 0.15) is 39.3 Å². The number of carbonyl (C=O) groups is 2. The normalized spacial score (nSPS) is 19.8. The summed E-state index contributed by atoms with van der Waals surface area (Å²) in [5.74, 6) is -0.540. The van der Waals surface area contributed by atoms with Gasteiger partial charge in [0.15, 0.2) is 0 Å². The van der Waals surface area contributed by atoms with Gasteiger partial charge in [-0.05, 0) is 25.3 Å². The number of likely N-dealkylation sites (tertiary alicyclic amines) is 1. The van der Waals surface area contributed by atoms with E-state index in [1.807, 2.05) is 4.90 Å². The molecule has 18 heavy (non-hydrogen) atoms. The van der Waals surface area contributed by atoms with Crippen LogP contribution in [-0.4, -0.2) is 35.8 Å². The van der Waals surface area contributed by atoms with E-state index in [1.54, 1.807) is 11.4 Å². The molecule has 0 aliphatic carbocycles. The number of primary amides is 1. The Balaban J connectivity index is 2.15. The van der Waals surface area contributed by atoms with Crippen molar-refractivity contribution in [3.05, 3.63) is 21.9 Å². The first-order chi connectivity index (χ1) is 8.63. The quantitative estimate of drug-likeness (QED) is 0.849. The Bertz CT molecular complexity index is 458. The Kier molecular flexibility index (Phi) is 3.98. The van der Waals surface area contributed by atoms with Gasteiger partial charge in [0.05, 0.1) is 10.4 Å². The lowest BCUT2D eigenvalue weighted by Crippen LogP contribution is -2.47. The number of thiophene rings is 1. The van der Waals surface area contributed by atoms with Gasteiger partial charge in [0.25, 0.3) is 5.91 Å². The van der Waals surface area contributed by atoms with Gasteiger partial charge in [-0.1, -0.05) is 0 Å². The lowest BCUT2D eigenvalue weighted by Gasteiger charge is -2.34. The topological polar surface area (TPSA) is 89.4 Å². The number of carbonyl (C=O) groups excluding carboxylic acids is 2. The van der Waals surface area contributed by atoms with Gasteiger partial charge < -0.3 is 16.4 Å². The molecule has 98 valence electrons. The summed E-state index contributed by atoms with van der Waals surface area (Å²) in [4.78, 5) is 25.7. The monoisotopic (exact) mass is 267 g/mol. The van der Waals surface area contributed by atoms with Crippen LogP contribution < -0.4 is 11.5 Å². The van der Waals surface area contributed by atoms with Gasteiger partial charge in [0, 0.05) is 24.5 Å². The summed E-state index contributed by atoms with van der Waals surface area (Å²) in [6, 6.07) is 1.68. The molecule has 0 saturated carbocycles. The Labute approximate surface area is 110 Å². The van der Waals surface area contributed by atoms with Gasteiger partial charge in [-0.25, -0.2) is 0 Å². The molecule has 1 aliphatic heterocycles. The minimum atomic E-state index is -0.501. The van der Waals surface area contributed by atoms with E-state index >= 15 is 0 Å². The number of nitrogens with two attached hydrogens (primary N) is 2. The van der Waals surface area contributed by atoms with Crippen molar-refractivity contribution >= 4 is 23.2 Å². The molecule has 0 aromatic carbocycles. The minimum Gasteiger partial charge on any atom is -0.366 e. The van der Waals surface area contributed by atoms with Gasteiger partial charge in [-0.2, -0.15) is 0 Å². The number of hydrogen-bond acceptors (Lipinski definition) is 4. The highest BCUT2D eigenvalue weighted by molar-refractivity contribution is 7.12. The van der Waals surface area contributed by atoms with Crippen molar-refractivity contribution in [2.24, 2.45) is 11.5 Å². The van der Waals surface area contributed by atoms with E-state index in [0.717, 1.165) is 25.8 Å². The zero-order chi connectivity index (χ0) is 13.1. The molecule has 1 saturated heterocycles. The number of amides is 2. The Hall–Kier alpha value is -1.40. The summed E-state index contributed by atoms with van der Waals surface area (Å²) >= 11 is 1.26. The largest absolute Gasteiger partial charge is 0.366 e. The van der Waals surface area contributed by atoms with E-state index < -0.39 is 5.91 Å². The Morgan fingerprint density at radius 1 is 1.44 bits per heavy atom. The molecule has 4 N–H and O–H groups in total. The van der Waals surface area contributed by atoms with E-state index in [4.69, 9.17) is 11.5 Å². The van der Waals surface area contributed by atoms with Crippen molar-refractivity contribution in [2.45, 2.75) is 25.3 Å². The van der Waals surface area contributed by atoms with Crippen LogP contribution >= 0.6 is 11.3 Å². The molecule has 0 unspecified atom stereocenters. The molecule has 5 nitrogen and oxygen atoms in total. The predicted octanol–water partition coefficient (Wildman–Crippen LogP) is 0.800. The molecule has 2 heterocycles. The molecular formula is C12H17N3O2S. The van der Waals surface area contributed by atoms with Crippen LogP contribution in [-0.2, 0) is 0 Å². The molecule has 0 spiro atoms. The molecule has 0 bridgehead atoms. The highest BCUT2D eigenvalue weighted by atomic mass is 32.1. The van der Waals surface area contributed by atoms with Gasteiger partial charge in [0.2, 0.25) is 5.91 Å². The van der Waals surface area contributed by atoms with Crippen molar-refractivity contribution in [1.29, 1.82) is 0 Å². The smallest absolute Gasteiger partial charge is 0.264 e. The maximum atomic E-state index is 12.3. The molecule has 1 aliphatic rings. The second kappa shape index (κ2) is 5.49. The van der Waals surface area contributed by atoms with Crippen LogP contribution in [0.25, 0.3) is 0 Å². The number of piperidine rings is 1. The molecule has 2 amide bonds. The Morgan fingerprint density at radius 3 is 2.83 bits per heavy atom. The summed E-state index contributed by atoms with van der Waals surface area (Å²) in [5, 5.41) is 1.62. The first kappa shape index (κ1) is 13.0. The highest BCUT2D eigenvalue weighted by Gasteiger charge is 2.27. The lowest BCUT2D eigenvalue weighted by molar-refractivity contribution is 0.0628.